The Balaban J connectivity index is 2.98. The molecule has 1 atom stereocenters. The van der Waals surface area contributed by atoms with E-state index in [1.807, 2.05) is 0 Å². The highest BCUT2D eigenvalue weighted by Crippen LogP contribution is 2.35. The molecule has 0 saturated heterocycles. The van der Waals surface area contributed by atoms with Crippen molar-refractivity contribution in [1.29, 1.82) is 0 Å². The number of benzene rings is 1. The van der Waals surface area contributed by atoms with E-state index >= 15 is 0 Å². The van der Waals surface area contributed by atoms with Gasteiger partial charge in [0.15, 0.2) is 0 Å². The van der Waals surface area contributed by atoms with Crippen molar-refractivity contribution in [3.05, 3.63) is 28.8 Å². The molecule has 0 aliphatic heterocycles. The monoisotopic (exact) mass is 353 g/mol. The number of rotatable bonds is 5. The molecule has 0 spiro atoms. The SMILES string of the molecule is CCOC(=O)C(O)(CC(=O)Nc1cccc(Cl)c1C)C(F)(F)F. The minimum Gasteiger partial charge on any atom is -0.464 e. The highest BCUT2D eigenvalue weighted by atomic mass is 35.5. The van der Waals surface area contributed by atoms with E-state index < -0.39 is 30.1 Å². The standard InChI is InChI=1S/C14H15ClF3NO4/c1-3-23-12(21)13(22,14(16,17)18)7-11(20)19-10-6-4-5-9(15)8(10)2/h4-6,22H,3,7H2,1-2H3,(H,19,20). The van der Waals surface area contributed by atoms with Gasteiger partial charge in [0.05, 0.1) is 13.0 Å². The number of carbonyl (C=O) groups excluding carboxylic acids is 2. The molecule has 2 N–H and O–H groups in total. The summed E-state index contributed by atoms with van der Waals surface area (Å²) >= 11 is 5.84. The zero-order valence-electron chi connectivity index (χ0n) is 12.3. The molecule has 0 aliphatic rings. The lowest BCUT2D eigenvalue weighted by Gasteiger charge is -2.27. The summed E-state index contributed by atoms with van der Waals surface area (Å²) in [6.07, 6.45) is -6.89. The molecule has 0 bridgehead atoms. The lowest BCUT2D eigenvalue weighted by Crippen LogP contribution is -2.54. The van der Waals surface area contributed by atoms with E-state index in [4.69, 9.17) is 11.6 Å². The normalized spacial score (nSPS) is 14.0. The largest absolute Gasteiger partial charge is 0.464 e. The maximum atomic E-state index is 13.0. The van der Waals surface area contributed by atoms with Crippen LogP contribution >= 0.6 is 11.6 Å². The number of ether oxygens (including phenoxy) is 1. The maximum Gasteiger partial charge on any atom is 0.428 e. The van der Waals surface area contributed by atoms with Crippen LogP contribution in [0, 0.1) is 6.92 Å². The predicted octanol–water partition coefficient (Wildman–Crippen LogP) is 2.83. The molecule has 0 saturated carbocycles. The van der Waals surface area contributed by atoms with Crippen molar-refractivity contribution in [3.63, 3.8) is 0 Å². The van der Waals surface area contributed by atoms with Crippen molar-refractivity contribution >= 4 is 29.2 Å². The summed E-state index contributed by atoms with van der Waals surface area (Å²) in [6, 6.07) is 4.46. The van der Waals surface area contributed by atoms with Crippen LogP contribution in [0.4, 0.5) is 18.9 Å². The van der Waals surface area contributed by atoms with Gasteiger partial charge < -0.3 is 15.2 Å². The first-order valence-corrected chi connectivity index (χ1v) is 6.92. The number of nitrogens with one attached hydrogen (secondary N) is 1. The van der Waals surface area contributed by atoms with E-state index in [9.17, 15) is 27.9 Å². The molecular formula is C14H15ClF3NO4. The van der Waals surface area contributed by atoms with Crippen LogP contribution in [0.1, 0.15) is 18.9 Å². The third kappa shape index (κ3) is 4.35. The van der Waals surface area contributed by atoms with Gasteiger partial charge in [-0.1, -0.05) is 17.7 Å². The highest BCUT2D eigenvalue weighted by Gasteiger charge is 2.61. The Morgan fingerprint density at radius 2 is 1.96 bits per heavy atom. The van der Waals surface area contributed by atoms with Crippen molar-refractivity contribution in [1.82, 2.24) is 0 Å². The second kappa shape index (κ2) is 7.18. The topological polar surface area (TPSA) is 75.6 Å². The summed E-state index contributed by atoms with van der Waals surface area (Å²) in [5.74, 6) is -3.13. The van der Waals surface area contributed by atoms with Crippen LogP contribution in [0.15, 0.2) is 18.2 Å². The molecule has 0 aromatic heterocycles. The number of anilines is 1. The van der Waals surface area contributed by atoms with E-state index in [1.165, 1.54) is 25.1 Å². The van der Waals surface area contributed by atoms with Crippen LogP contribution in [-0.2, 0) is 14.3 Å². The van der Waals surface area contributed by atoms with Gasteiger partial charge in [-0.2, -0.15) is 13.2 Å². The summed E-state index contributed by atoms with van der Waals surface area (Å²) in [5, 5.41) is 12.1. The fraction of sp³-hybridized carbons (Fsp3) is 0.429. The van der Waals surface area contributed by atoms with E-state index in [-0.39, 0.29) is 12.3 Å². The number of amides is 1. The molecule has 5 nitrogen and oxygen atoms in total. The Hall–Kier alpha value is -1.80. The Bertz CT molecular complexity index is 606. The third-order valence-electron chi connectivity index (χ3n) is 3.04. The Kier molecular flexibility index (Phi) is 6.01. The number of hydrogen-bond acceptors (Lipinski definition) is 4. The van der Waals surface area contributed by atoms with Crippen LogP contribution in [0.5, 0.6) is 0 Å². The predicted molar refractivity (Wildman–Crippen MR) is 77.1 cm³/mol. The number of carbonyl (C=O) groups is 2. The minimum absolute atomic E-state index is 0.177. The van der Waals surface area contributed by atoms with Crippen LogP contribution in [0.2, 0.25) is 5.02 Å². The van der Waals surface area contributed by atoms with Crippen molar-refractivity contribution in [2.45, 2.75) is 32.0 Å². The minimum atomic E-state index is -5.36. The molecular weight excluding hydrogens is 339 g/mol. The van der Waals surface area contributed by atoms with Gasteiger partial charge in [-0.3, -0.25) is 4.79 Å². The summed E-state index contributed by atoms with van der Waals surface area (Å²) in [7, 11) is 0. The van der Waals surface area contributed by atoms with Crippen LogP contribution in [-0.4, -0.2) is 35.4 Å². The first kappa shape index (κ1) is 19.2. The van der Waals surface area contributed by atoms with Crippen molar-refractivity contribution in [2.24, 2.45) is 0 Å². The third-order valence-corrected chi connectivity index (χ3v) is 3.45. The van der Waals surface area contributed by atoms with Gasteiger partial charge in [0.1, 0.15) is 0 Å². The summed E-state index contributed by atoms with van der Waals surface area (Å²) < 4.78 is 43.1. The van der Waals surface area contributed by atoms with Gasteiger partial charge in [-0.05, 0) is 31.5 Å². The van der Waals surface area contributed by atoms with Crippen molar-refractivity contribution in [3.8, 4) is 0 Å². The number of halogens is 4. The summed E-state index contributed by atoms with van der Waals surface area (Å²) in [5.41, 5.74) is -3.30. The lowest BCUT2D eigenvalue weighted by molar-refractivity contribution is -0.262. The average molecular weight is 354 g/mol. The van der Waals surface area contributed by atoms with Gasteiger partial charge >= 0.3 is 12.1 Å². The van der Waals surface area contributed by atoms with E-state index in [2.05, 4.69) is 10.1 Å². The maximum absolute atomic E-state index is 13.0. The fourth-order valence-corrected chi connectivity index (χ4v) is 1.88. The Morgan fingerprint density at radius 3 is 2.48 bits per heavy atom. The number of alkyl halides is 3. The van der Waals surface area contributed by atoms with E-state index in [1.54, 1.807) is 6.92 Å². The number of aliphatic hydroxyl groups is 1. The average Bonchev–Trinajstić information content (AvgIpc) is 2.42. The number of esters is 1. The first-order chi connectivity index (χ1) is 10.5. The Labute approximate surface area is 135 Å². The molecule has 23 heavy (non-hydrogen) atoms. The lowest BCUT2D eigenvalue weighted by atomic mass is 9.98. The second-order valence-corrected chi connectivity index (χ2v) is 5.12. The van der Waals surface area contributed by atoms with Crippen LogP contribution in [0.3, 0.4) is 0 Å². The Morgan fingerprint density at radius 1 is 1.35 bits per heavy atom. The molecule has 9 heteroatoms. The van der Waals surface area contributed by atoms with E-state index in [0.29, 0.717) is 10.6 Å². The molecule has 1 aromatic carbocycles. The highest BCUT2D eigenvalue weighted by molar-refractivity contribution is 6.31. The van der Waals surface area contributed by atoms with Crippen molar-refractivity contribution < 1.29 is 32.6 Å². The first-order valence-electron chi connectivity index (χ1n) is 6.54. The fourth-order valence-electron chi connectivity index (χ4n) is 1.71. The van der Waals surface area contributed by atoms with Gasteiger partial charge in [0.2, 0.25) is 5.91 Å². The summed E-state index contributed by atoms with van der Waals surface area (Å²) in [4.78, 5) is 23.3. The van der Waals surface area contributed by atoms with Crippen molar-refractivity contribution in [2.75, 3.05) is 11.9 Å². The molecule has 1 rings (SSSR count). The zero-order valence-corrected chi connectivity index (χ0v) is 13.1. The van der Waals surface area contributed by atoms with Gasteiger partial charge in [-0.15, -0.1) is 0 Å². The zero-order chi connectivity index (χ0) is 17.8. The van der Waals surface area contributed by atoms with Crippen LogP contribution in [0.25, 0.3) is 0 Å². The molecule has 128 valence electrons. The molecule has 0 fully saturated rings. The number of hydrogen-bond donors (Lipinski definition) is 2. The van der Waals surface area contributed by atoms with Gasteiger partial charge in [0, 0.05) is 10.7 Å². The second-order valence-electron chi connectivity index (χ2n) is 4.72. The van der Waals surface area contributed by atoms with Gasteiger partial charge in [0.25, 0.3) is 5.60 Å². The molecule has 0 radical (unpaired) electrons. The molecule has 1 unspecified atom stereocenters. The summed E-state index contributed by atoms with van der Waals surface area (Å²) in [6.45, 7) is 2.47. The molecule has 0 heterocycles. The quantitative estimate of drug-likeness (QED) is 0.798. The molecule has 1 amide bonds. The molecule has 0 aliphatic carbocycles. The van der Waals surface area contributed by atoms with E-state index in [0.717, 1.165) is 0 Å². The molecule has 1 aromatic rings. The van der Waals surface area contributed by atoms with Gasteiger partial charge in [-0.25, -0.2) is 4.79 Å². The van der Waals surface area contributed by atoms with Crippen LogP contribution < -0.4 is 5.32 Å². The smallest absolute Gasteiger partial charge is 0.428 e.